The van der Waals surface area contributed by atoms with Crippen LogP contribution in [0.2, 0.25) is 0 Å². The lowest BCUT2D eigenvalue weighted by molar-refractivity contribution is -0.138. The molecule has 4 nitrogen and oxygen atoms in total. The van der Waals surface area contributed by atoms with E-state index in [1.807, 2.05) is 17.5 Å². The van der Waals surface area contributed by atoms with Crippen LogP contribution in [0, 0.1) is 0 Å². The number of amides is 2. The van der Waals surface area contributed by atoms with Crippen LogP contribution in [0.3, 0.4) is 0 Å². The van der Waals surface area contributed by atoms with Crippen molar-refractivity contribution in [1.29, 1.82) is 0 Å². The molecule has 1 fully saturated rings. The first-order valence-corrected chi connectivity index (χ1v) is 9.99. The maximum atomic E-state index is 13.0. The van der Waals surface area contributed by atoms with E-state index in [9.17, 15) is 22.8 Å². The van der Waals surface area contributed by atoms with Crippen LogP contribution < -0.4 is 10.6 Å². The smallest absolute Gasteiger partial charge is 0.347 e. The van der Waals surface area contributed by atoms with Crippen molar-refractivity contribution in [2.24, 2.45) is 0 Å². The molecule has 1 aromatic carbocycles. The third kappa shape index (κ3) is 4.55. The SMILES string of the molecule is O=C(NCC1(c2cccs2)CCCCC1)C(=O)Nc1ccccc1C(F)(F)F. The van der Waals surface area contributed by atoms with Crippen molar-refractivity contribution in [2.75, 3.05) is 11.9 Å². The summed E-state index contributed by atoms with van der Waals surface area (Å²) in [6.45, 7) is 0.292. The number of carbonyl (C=O) groups is 2. The van der Waals surface area contributed by atoms with Gasteiger partial charge in [-0.2, -0.15) is 13.2 Å². The van der Waals surface area contributed by atoms with Crippen molar-refractivity contribution in [3.63, 3.8) is 0 Å². The summed E-state index contributed by atoms with van der Waals surface area (Å²) < 4.78 is 39.1. The van der Waals surface area contributed by atoms with Crippen molar-refractivity contribution in [3.8, 4) is 0 Å². The van der Waals surface area contributed by atoms with E-state index in [2.05, 4.69) is 10.6 Å². The number of rotatable bonds is 4. The Morgan fingerprint density at radius 2 is 1.71 bits per heavy atom. The molecule has 1 aromatic heterocycles. The average Bonchev–Trinajstić information content (AvgIpc) is 3.22. The Morgan fingerprint density at radius 3 is 2.36 bits per heavy atom. The first-order valence-electron chi connectivity index (χ1n) is 9.11. The van der Waals surface area contributed by atoms with Gasteiger partial charge >= 0.3 is 18.0 Å². The summed E-state index contributed by atoms with van der Waals surface area (Å²) in [5.41, 5.74) is -1.63. The number of thiophene rings is 1. The number of anilines is 1. The van der Waals surface area contributed by atoms with Gasteiger partial charge in [0.15, 0.2) is 0 Å². The van der Waals surface area contributed by atoms with E-state index in [1.54, 1.807) is 11.3 Å². The van der Waals surface area contributed by atoms with Crippen LogP contribution in [-0.2, 0) is 21.2 Å². The molecule has 0 saturated heterocycles. The largest absolute Gasteiger partial charge is 0.418 e. The fourth-order valence-electron chi connectivity index (χ4n) is 3.67. The van der Waals surface area contributed by atoms with Gasteiger partial charge in [-0.05, 0) is 36.4 Å². The van der Waals surface area contributed by atoms with E-state index in [-0.39, 0.29) is 5.41 Å². The van der Waals surface area contributed by atoms with Crippen molar-refractivity contribution in [3.05, 3.63) is 52.2 Å². The molecule has 0 aliphatic heterocycles. The summed E-state index contributed by atoms with van der Waals surface area (Å²) in [6, 6.07) is 8.58. The van der Waals surface area contributed by atoms with Gasteiger partial charge in [-0.3, -0.25) is 9.59 Å². The number of halogens is 3. The fraction of sp³-hybridized carbons (Fsp3) is 0.400. The van der Waals surface area contributed by atoms with Crippen LogP contribution in [0.5, 0.6) is 0 Å². The van der Waals surface area contributed by atoms with Crippen LogP contribution in [0.25, 0.3) is 0 Å². The third-order valence-electron chi connectivity index (χ3n) is 5.13. The second-order valence-electron chi connectivity index (χ2n) is 7.00. The van der Waals surface area contributed by atoms with Gasteiger partial charge in [0.2, 0.25) is 0 Å². The summed E-state index contributed by atoms with van der Waals surface area (Å²) in [6.07, 6.45) is 0.415. The van der Waals surface area contributed by atoms with Gasteiger partial charge in [-0.1, -0.05) is 37.5 Å². The van der Waals surface area contributed by atoms with Gasteiger partial charge in [-0.25, -0.2) is 0 Å². The Labute approximate surface area is 165 Å². The summed E-state index contributed by atoms with van der Waals surface area (Å²) in [7, 11) is 0. The second kappa shape index (κ2) is 8.34. The van der Waals surface area contributed by atoms with Gasteiger partial charge in [0.25, 0.3) is 0 Å². The highest BCUT2D eigenvalue weighted by molar-refractivity contribution is 7.10. The first-order chi connectivity index (χ1) is 13.3. The lowest BCUT2D eigenvalue weighted by Crippen LogP contribution is -2.45. The highest BCUT2D eigenvalue weighted by Gasteiger charge is 2.36. The summed E-state index contributed by atoms with van der Waals surface area (Å²) in [5.74, 6) is -2.03. The predicted molar refractivity (Wildman–Crippen MR) is 102 cm³/mol. The minimum atomic E-state index is -4.62. The average molecular weight is 410 g/mol. The Morgan fingerprint density at radius 1 is 1.00 bits per heavy atom. The molecule has 2 N–H and O–H groups in total. The number of hydrogen-bond donors (Lipinski definition) is 2. The van der Waals surface area contributed by atoms with Crippen LogP contribution in [-0.4, -0.2) is 18.4 Å². The quantitative estimate of drug-likeness (QED) is 0.717. The zero-order chi connectivity index (χ0) is 20.2. The second-order valence-corrected chi connectivity index (χ2v) is 7.95. The Bertz CT molecular complexity index is 828. The molecule has 0 radical (unpaired) electrons. The Kier molecular flexibility index (Phi) is 6.07. The molecule has 1 aliphatic carbocycles. The van der Waals surface area contributed by atoms with Crippen LogP contribution in [0.1, 0.15) is 42.5 Å². The van der Waals surface area contributed by atoms with Gasteiger partial charge in [-0.15, -0.1) is 11.3 Å². The van der Waals surface area contributed by atoms with Crippen LogP contribution in [0.4, 0.5) is 18.9 Å². The molecule has 0 atom stereocenters. The lowest BCUT2D eigenvalue weighted by Gasteiger charge is -2.36. The normalized spacial score (nSPS) is 16.4. The maximum Gasteiger partial charge on any atom is 0.418 e. The van der Waals surface area contributed by atoms with Gasteiger partial charge in [0.05, 0.1) is 11.3 Å². The summed E-state index contributed by atoms with van der Waals surface area (Å²) in [5, 5.41) is 6.70. The van der Waals surface area contributed by atoms with Crippen molar-refractivity contribution >= 4 is 28.8 Å². The zero-order valence-corrected chi connectivity index (χ0v) is 16.0. The van der Waals surface area contributed by atoms with E-state index >= 15 is 0 Å². The standard InChI is InChI=1S/C20H21F3N2O2S/c21-20(22,23)14-7-2-3-8-15(14)25-18(27)17(26)24-13-19(10-4-1-5-11-19)16-9-6-12-28-16/h2-3,6-9,12H,1,4-5,10-11,13H2,(H,24,26)(H,25,27). The number of carbonyl (C=O) groups excluding carboxylic acids is 2. The predicted octanol–water partition coefficient (Wildman–Crippen LogP) is 4.72. The lowest BCUT2D eigenvalue weighted by atomic mass is 9.73. The van der Waals surface area contributed by atoms with E-state index in [1.165, 1.54) is 12.1 Å². The minimum absolute atomic E-state index is 0.216. The molecular formula is C20H21F3N2O2S. The van der Waals surface area contributed by atoms with Crippen molar-refractivity contribution in [1.82, 2.24) is 5.32 Å². The van der Waals surface area contributed by atoms with Gasteiger partial charge < -0.3 is 10.6 Å². The van der Waals surface area contributed by atoms with Gasteiger partial charge in [0, 0.05) is 16.8 Å². The zero-order valence-electron chi connectivity index (χ0n) is 15.1. The molecule has 0 bridgehead atoms. The number of alkyl halides is 3. The number of benzene rings is 1. The van der Waals surface area contributed by atoms with E-state index in [0.717, 1.165) is 49.1 Å². The van der Waals surface area contributed by atoms with E-state index in [0.29, 0.717) is 6.54 Å². The van der Waals surface area contributed by atoms with Crippen molar-refractivity contribution < 1.29 is 22.8 Å². The Balaban J connectivity index is 1.67. The molecule has 0 spiro atoms. The molecule has 8 heteroatoms. The molecule has 3 rings (SSSR count). The number of nitrogens with one attached hydrogen (secondary N) is 2. The molecule has 150 valence electrons. The number of para-hydroxylation sites is 1. The van der Waals surface area contributed by atoms with Gasteiger partial charge in [0.1, 0.15) is 0 Å². The van der Waals surface area contributed by atoms with Crippen LogP contribution in [0.15, 0.2) is 41.8 Å². The molecule has 1 aliphatic rings. The Hall–Kier alpha value is -2.35. The highest BCUT2D eigenvalue weighted by Crippen LogP contribution is 2.41. The molecule has 2 aromatic rings. The summed E-state index contributed by atoms with van der Waals surface area (Å²) >= 11 is 1.62. The topological polar surface area (TPSA) is 58.2 Å². The highest BCUT2D eigenvalue weighted by atomic mass is 32.1. The molecular weight excluding hydrogens is 389 g/mol. The third-order valence-corrected chi connectivity index (χ3v) is 6.25. The summed E-state index contributed by atoms with van der Waals surface area (Å²) in [4.78, 5) is 25.6. The fourth-order valence-corrected chi connectivity index (χ4v) is 4.65. The monoisotopic (exact) mass is 410 g/mol. The van der Waals surface area contributed by atoms with E-state index in [4.69, 9.17) is 0 Å². The molecule has 1 heterocycles. The number of hydrogen-bond acceptors (Lipinski definition) is 3. The first kappa shape index (κ1) is 20.4. The molecule has 0 unspecified atom stereocenters. The van der Waals surface area contributed by atoms with Crippen molar-refractivity contribution in [2.45, 2.75) is 43.7 Å². The van der Waals surface area contributed by atoms with Crippen LogP contribution >= 0.6 is 11.3 Å². The van der Waals surface area contributed by atoms with E-state index < -0.39 is 29.2 Å². The molecule has 28 heavy (non-hydrogen) atoms. The maximum absolute atomic E-state index is 13.0. The minimum Gasteiger partial charge on any atom is -0.347 e. The molecule has 2 amide bonds. The molecule has 1 saturated carbocycles.